The summed E-state index contributed by atoms with van der Waals surface area (Å²) >= 11 is 0. The molecule has 1 heterocycles. The second kappa shape index (κ2) is 5.92. The highest BCUT2D eigenvalue weighted by atomic mass is 16.1. The van der Waals surface area contributed by atoms with Crippen molar-refractivity contribution in [3.63, 3.8) is 0 Å². The molecule has 3 heteroatoms. The number of aryl methyl sites for hydroxylation is 1. The number of para-hydroxylation sites is 1. The van der Waals surface area contributed by atoms with E-state index in [1.807, 2.05) is 6.07 Å². The lowest BCUT2D eigenvalue weighted by atomic mass is 9.75. The lowest BCUT2D eigenvalue weighted by molar-refractivity contribution is -0.124. The first-order valence-electron chi connectivity index (χ1n) is 8.08. The number of benzene rings is 1. The van der Waals surface area contributed by atoms with Crippen LogP contribution in [0.5, 0.6) is 0 Å². The number of fused-ring (bicyclic) bond motifs is 1. The molecule has 2 aromatic rings. The average Bonchev–Trinajstić information content (AvgIpc) is 2.86. The number of aromatic amines is 1. The third kappa shape index (κ3) is 2.97. The van der Waals surface area contributed by atoms with E-state index < -0.39 is 0 Å². The second-order valence-corrected chi connectivity index (χ2v) is 6.25. The summed E-state index contributed by atoms with van der Waals surface area (Å²) in [6, 6.07) is 8.33. The zero-order valence-electron chi connectivity index (χ0n) is 12.7. The van der Waals surface area contributed by atoms with Crippen molar-refractivity contribution in [1.29, 1.82) is 0 Å². The number of amides is 1. The summed E-state index contributed by atoms with van der Waals surface area (Å²) in [6.07, 6.45) is 9.17. The molecule has 0 spiro atoms. The number of nitrogens with one attached hydrogen (secondary N) is 2. The Morgan fingerprint density at radius 3 is 2.86 bits per heavy atom. The minimum atomic E-state index is 0.123. The van der Waals surface area contributed by atoms with Crippen LogP contribution in [0.4, 0.5) is 0 Å². The van der Waals surface area contributed by atoms with Crippen LogP contribution in [0.25, 0.3) is 10.9 Å². The van der Waals surface area contributed by atoms with Gasteiger partial charge in [-0.25, -0.2) is 0 Å². The van der Waals surface area contributed by atoms with Crippen molar-refractivity contribution in [1.82, 2.24) is 10.3 Å². The highest BCUT2D eigenvalue weighted by Gasteiger charge is 2.35. The predicted molar refractivity (Wildman–Crippen MR) is 86.3 cm³/mol. The van der Waals surface area contributed by atoms with Crippen molar-refractivity contribution in [2.45, 2.75) is 57.4 Å². The summed E-state index contributed by atoms with van der Waals surface area (Å²) in [7, 11) is 0. The summed E-state index contributed by atoms with van der Waals surface area (Å²) in [4.78, 5) is 15.4. The monoisotopic (exact) mass is 284 g/mol. The Hall–Kier alpha value is -1.77. The fourth-order valence-electron chi connectivity index (χ4n) is 3.31. The fourth-order valence-corrected chi connectivity index (χ4v) is 3.31. The molecule has 0 saturated heterocycles. The summed E-state index contributed by atoms with van der Waals surface area (Å²) in [5, 5.41) is 4.53. The predicted octanol–water partition coefficient (Wildman–Crippen LogP) is 3.94. The quantitative estimate of drug-likeness (QED) is 0.829. The molecule has 3 nitrogen and oxygen atoms in total. The van der Waals surface area contributed by atoms with E-state index in [0.29, 0.717) is 6.42 Å². The van der Waals surface area contributed by atoms with Crippen LogP contribution in [0.2, 0.25) is 0 Å². The Kier molecular flexibility index (Phi) is 4.00. The highest BCUT2D eigenvalue weighted by Crippen LogP contribution is 2.34. The molecule has 0 bridgehead atoms. The normalized spacial score (nSPS) is 16.6. The van der Waals surface area contributed by atoms with Gasteiger partial charge in [0.2, 0.25) is 5.91 Å². The Bertz CT molecular complexity index is 619. The molecule has 1 aromatic heterocycles. The molecular weight excluding hydrogens is 260 g/mol. The van der Waals surface area contributed by atoms with Gasteiger partial charge >= 0.3 is 0 Å². The molecule has 0 aliphatic heterocycles. The minimum absolute atomic E-state index is 0.123. The SMILES string of the molecule is CCC1(NC(=O)CCCc2c[nH]c3ccccc23)CCC1. The Labute approximate surface area is 126 Å². The van der Waals surface area contributed by atoms with Gasteiger partial charge in [-0.2, -0.15) is 0 Å². The molecule has 0 unspecified atom stereocenters. The van der Waals surface area contributed by atoms with E-state index in [4.69, 9.17) is 0 Å². The highest BCUT2D eigenvalue weighted by molar-refractivity contribution is 5.83. The van der Waals surface area contributed by atoms with Crippen LogP contribution >= 0.6 is 0 Å². The number of H-pyrrole nitrogens is 1. The fraction of sp³-hybridized carbons (Fsp3) is 0.500. The van der Waals surface area contributed by atoms with E-state index in [9.17, 15) is 4.79 Å². The van der Waals surface area contributed by atoms with Crippen molar-refractivity contribution >= 4 is 16.8 Å². The van der Waals surface area contributed by atoms with Crippen molar-refractivity contribution in [3.8, 4) is 0 Å². The average molecular weight is 284 g/mol. The third-order valence-corrected chi connectivity index (χ3v) is 4.92. The molecule has 2 N–H and O–H groups in total. The molecule has 1 aromatic carbocycles. The maximum atomic E-state index is 12.1. The first-order valence-corrected chi connectivity index (χ1v) is 8.08. The molecule has 3 rings (SSSR count). The Balaban J connectivity index is 1.51. The van der Waals surface area contributed by atoms with Crippen LogP contribution in [0.15, 0.2) is 30.5 Å². The lowest BCUT2D eigenvalue weighted by Gasteiger charge is -2.42. The van der Waals surface area contributed by atoms with Crippen LogP contribution in [0.3, 0.4) is 0 Å². The van der Waals surface area contributed by atoms with E-state index in [0.717, 1.165) is 32.1 Å². The topological polar surface area (TPSA) is 44.9 Å². The van der Waals surface area contributed by atoms with Gasteiger partial charge in [-0.1, -0.05) is 25.1 Å². The minimum Gasteiger partial charge on any atom is -0.361 e. The number of hydrogen-bond acceptors (Lipinski definition) is 1. The maximum Gasteiger partial charge on any atom is 0.220 e. The number of aromatic nitrogens is 1. The van der Waals surface area contributed by atoms with Crippen LogP contribution in [0, 0.1) is 0 Å². The number of carbonyl (C=O) groups excluding carboxylic acids is 1. The van der Waals surface area contributed by atoms with Crippen LogP contribution in [-0.2, 0) is 11.2 Å². The molecule has 0 atom stereocenters. The molecule has 21 heavy (non-hydrogen) atoms. The largest absolute Gasteiger partial charge is 0.361 e. The van der Waals surface area contributed by atoms with Gasteiger partial charge in [-0.05, 0) is 50.2 Å². The van der Waals surface area contributed by atoms with Crippen molar-refractivity contribution in [2.24, 2.45) is 0 Å². The van der Waals surface area contributed by atoms with Crippen molar-refractivity contribution < 1.29 is 4.79 Å². The molecule has 1 amide bonds. The van der Waals surface area contributed by atoms with Gasteiger partial charge in [0.05, 0.1) is 0 Å². The van der Waals surface area contributed by atoms with E-state index >= 15 is 0 Å². The number of carbonyl (C=O) groups is 1. The molecule has 1 aliphatic rings. The van der Waals surface area contributed by atoms with Crippen molar-refractivity contribution in [3.05, 3.63) is 36.0 Å². The summed E-state index contributed by atoms with van der Waals surface area (Å²) in [6.45, 7) is 2.17. The number of rotatable bonds is 6. The van der Waals surface area contributed by atoms with E-state index in [2.05, 4.69) is 41.6 Å². The zero-order valence-corrected chi connectivity index (χ0v) is 12.7. The summed E-state index contributed by atoms with van der Waals surface area (Å²) in [5.74, 6) is 0.219. The molecule has 112 valence electrons. The van der Waals surface area contributed by atoms with Crippen molar-refractivity contribution in [2.75, 3.05) is 0 Å². The molecule has 0 radical (unpaired) electrons. The van der Waals surface area contributed by atoms with Gasteiger partial charge in [0.15, 0.2) is 0 Å². The van der Waals surface area contributed by atoms with E-state index in [1.54, 1.807) is 0 Å². The maximum absolute atomic E-state index is 12.1. The zero-order chi connectivity index (χ0) is 14.7. The standard InChI is InChI=1S/C18H24N2O/c1-2-18(11-6-12-18)20-17(21)10-5-7-14-13-19-16-9-4-3-8-15(14)16/h3-4,8-9,13,19H,2,5-7,10-12H2,1H3,(H,20,21). The number of hydrogen-bond donors (Lipinski definition) is 2. The van der Waals surface area contributed by atoms with Gasteiger partial charge in [-0.3, -0.25) is 4.79 Å². The smallest absolute Gasteiger partial charge is 0.220 e. The van der Waals surface area contributed by atoms with Gasteiger partial charge < -0.3 is 10.3 Å². The van der Waals surface area contributed by atoms with Crippen LogP contribution < -0.4 is 5.32 Å². The molecule has 1 fully saturated rings. The first kappa shape index (κ1) is 14.2. The van der Waals surface area contributed by atoms with E-state index in [1.165, 1.54) is 22.9 Å². The van der Waals surface area contributed by atoms with Crippen LogP contribution in [-0.4, -0.2) is 16.4 Å². The van der Waals surface area contributed by atoms with Gasteiger partial charge in [0.1, 0.15) is 0 Å². The molecule has 1 saturated carbocycles. The van der Waals surface area contributed by atoms with Crippen LogP contribution in [0.1, 0.15) is 51.0 Å². The Morgan fingerprint density at radius 2 is 2.14 bits per heavy atom. The van der Waals surface area contributed by atoms with Gasteiger partial charge in [0.25, 0.3) is 0 Å². The lowest BCUT2D eigenvalue weighted by Crippen LogP contribution is -2.52. The molecule has 1 aliphatic carbocycles. The first-order chi connectivity index (χ1) is 10.2. The second-order valence-electron chi connectivity index (χ2n) is 6.25. The third-order valence-electron chi connectivity index (χ3n) is 4.92. The Morgan fingerprint density at radius 1 is 1.33 bits per heavy atom. The summed E-state index contributed by atoms with van der Waals surface area (Å²) in [5.41, 5.74) is 2.61. The van der Waals surface area contributed by atoms with Gasteiger partial charge in [0, 0.05) is 29.1 Å². The van der Waals surface area contributed by atoms with Gasteiger partial charge in [-0.15, -0.1) is 0 Å². The summed E-state index contributed by atoms with van der Waals surface area (Å²) < 4.78 is 0. The molecular formula is C18H24N2O. The van der Waals surface area contributed by atoms with E-state index in [-0.39, 0.29) is 11.4 Å².